The molecule has 0 spiro atoms. The van der Waals surface area contributed by atoms with Gasteiger partial charge in [0.25, 0.3) is 0 Å². The van der Waals surface area contributed by atoms with Crippen LogP contribution in [0.3, 0.4) is 0 Å². The summed E-state index contributed by atoms with van der Waals surface area (Å²) in [6.07, 6.45) is 5.05. The molecule has 0 atom stereocenters. The highest BCUT2D eigenvalue weighted by Crippen LogP contribution is 2.41. The molecular weight excluding hydrogens is 360 g/mol. The monoisotopic (exact) mass is 384 g/mol. The van der Waals surface area contributed by atoms with Crippen LogP contribution in [0.4, 0.5) is 0 Å². The zero-order valence-corrected chi connectivity index (χ0v) is 17.1. The van der Waals surface area contributed by atoms with Crippen molar-refractivity contribution >= 4 is 21.5 Å². The molecule has 0 saturated heterocycles. The molecule has 0 nitrogen and oxygen atoms in total. The molecule has 5 aromatic carbocycles. The Morgan fingerprint density at radius 2 is 1.03 bits per heavy atom. The zero-order valence-electron chi connectivity index (χ0n) is 17.1. The lowest BCUT2D eigenvalue weighted by atomic mass is 9.84. The second-order valence-corrected chi connectivity index (χ2v) is 8.39. The first-order chi connectivity index (χ1) is 14.9. The van der Waals surface area contributed by atoms with Crippen LogP contribution >= 0.6 is 0 Å². The van der Waals surface area contributed by atoms with Gasteiger partial charge in [0.15, 0.2) is 0 Å². The fourth-order valence-corrected chi connectivity index (χ4v) is 5.24. The van der Waals surface area contributed by atoms with E-state index in [-0.39, 0.29) is 0 Å². The Labute approximate surface area is 177 Å². The van der Waals surface area contributed by atoms with Gasteiger partial charge in [-0.05, 0) is 80.6 Å². The van der Waals surface area contributed by atoms with E-state index < -0.39 is 0 Å². The summed E-state index contributed by atoms with van der Waals surface area (Å²) in [6.45, 7) is 0. The summed E-state index contributed by atoms with van der Waals surface area (Å²) >= 11 is 0. The van der Waals surface area contributed by atoms with Crippen LogP contribution in [0.15, 0.2) is 97.1 Å². The van der Waals surface area contributed by atoms with Gasteiger partial charge in [-0.1, -0.05) is 97.1 Å². The van der Waals surface area contributed by atoms with Crippen LogP contribution in [0.25, 0.3) is 43.8 Å². The number of fused-ring (bicyclic) bond motifs is 5. The van der Waals surface area contributed by atoms with Crippen molar-refractivity contribution < 1.29 is 0 Å². The largest absolute Gasteiger partial charge is 0.0622 e. The van der Waals surface area contributed by atoms with E-state index in [9.17, 15) is 0 Å². The first-order valence-corrected chi connectivity index (χ1v) is 11.0. The smallest absolute Gasteiger partial charge is 0.00205 e. The molecule has 1 aliphatic rings. The first kappa shape index (κ1) is 17.5. The normalized spacial score (nSPS) is 13.5. The molecule has 0 radical (unpaired) electrons. The lowest BCUT2D eigenvalue weighted by molar-refractivity contribution is 0.690. The minimum Gasteiger partial charge on any atom is -0.0622 e. The average Bonchev–Trinajstić information content (AvgIpc) is 2.84. The number of benzene rings is 5. The number of aryl methyl sites for hydroxylation is 2. The van der Waals surface area contributed by atoms with Crippen LogP contribution < -0.4 is 0 Å². The van der Waals surface area contributed by atoms with Gasteiger partial charge < -0.3 is 0 Å². The van der Waals surface area contributed by atoms with Gasteiger partial charge in [-0.25, -0.2) is 0 Å². The van der Waals surface area contributed by atoms with Crippen molar-refractivity contribution in [2.75, 3.05) is 0 Å². The fourth-order valence-electron chi connectivity index (χ4n) is 5.24. The van der Waals surface area contributed by atoms with E-state index in [0.29, 0.717) is 0 Å². The van der Waals surface area contributed by atoms with Crippen LogP contribution in [-0.4, -0.2) is 0 Å². The van der Waals surface area contributed by atoms with Crippen LogP contribution in [0.2, 0.25) is 0 Å². The Balaban J connectivity index is 1.75. The SMILES string of the molecule is c1ccc(-c2ccc(-c3ccccc3)c3c2ccc2c4c(ccc23)CCCC4)cc1. The quantitative estimate of drug-likeness (QED) is 0.269. The molecule has 0 saturated carbocycles. The summed E-state index contributed by atoms with van der Waals surface area (Å²) in [6, 6.07) is 35.7. The molecule has 30 heavy (non-hydrogen) atoms. The van der Waals surface area contributed by atoms with Crippen LogP contribution in [0.5, 0.6) is 0 Å². The van der Waals surface area contributed by atoms with Crippen molar-refractivity contribution in [2.24, 2.45) is 0 Å². The van der Waals surface area contributed by atoms with E-state index >= 15 is 0 Å². The molecule has 0 fully saturated rings. The highest BCUT2D eigenvalue weighted by Gasteiger charge is 2.17. The van der Waals surface area contributed by atoms with Gasteiger partial charge in [0.2, 0.25) is 0 Å². The lowest BCUT2D eigenvalue weighted by Crippen LogP contribution is -2.03. The third-order valence-electron chi connectivity index (χ3n) is 6.68. The summed E-state index contributed by atoms with van der Waals surface area (Å²) < 4.78 is 0. The number of hydrogen-bond acceptors (Lipinski definition) is 0. The Kier molecular flexibility index (Phi) is 4.16. The maximum Gasteiger partial charge on any atom is -0.00205 e. The van der Waals surface area contributed by atoms with Crippen LogP contribution in [0, 0.1) is 0 Å². The highest BCUT2D eigenvalue weighted by molar-refractivity contribution is 6.18. The Bertz CT molecular complexity index is 1360. The summed E-state index contributed by atoms with van der Waals surface area (Å²) in [5, 5.41) is 5.56. The molecule has 0 amide bonds. The van der Waals surface area contributed by atoms with Crippen molar-refractivity contribution in [2.45, 2.75) is 25.7 Å². The summed E-state index contributed by atoms with van der Waals surface area (Å²) in [5.41, 5.74) is 8.32. The predicted octanol–water partition coefficient (Wildman–Crippen LogP) is 8.21. The summed E-state index contributed by atoms with van der Waals surface area (Å²) in [5.74, 6) is 0. The fraction of sp³-hybridized carbons (Fsp3) is 0.133. The molecule has 0 N–H and O–H groups in total. The topological polar surface area (TPSA) is 0 Å². The number of rotatable bonds is 2. The molecule has 5 aromatic rings. The van der Waals surface area contributed by atoms with Crippen molar-refractivity contribution in [1.82, 2.24) is 0 Å². The van der Waals surface area contributed by atoms with Crippen molar-refractivity contribution in [3.63, 3.8) is 0 Å². The minimum atomic E-state index is 1.21. The highest BCUT2D eigenvalue weighted by atomic mass is 14.2. The first-order valence-electron chi connectivity index (χ1n) is 11.0. The van der Waals surface area contributed by atoms with E-state index in [0.717, 1.165) is 0 Å². The molecule has 0 heterocycles. The average molecular weight is 385 g/mol. The third-order valence-corrected chi connectivity index (χ3v) is 6.68. The Morgan fingerprint density at radius 1 is 0.433 bits per heavy atom. The Hall–Kier alpha value is -3.38. The second kappa shape index (κ2) is 7.15. The van der Waals surface area contributed by atoms with Gasteiger partial charge in [-0.15, -0.1) is 0 Å². The number of hydrogen-bond donors (Lipinski definition) is 0. The van der Waals surface area contributed by atoms with E-state index in [4.69, 9.17) is 0 Å². The molecule has 144 valence electrons. The van der Waals surface area contributed by atoms with Gasteiger partial charge >= 0.3 is 0 Å². The van der Waals surface area contributed by atoms with E-state index in [1.54, 1.807) is 11.1 Å². The molecule has 0 aliphatic heterocycles. The van der Waals surface area contributed by atoms with Crippen molar-refractivity contribution in [3.8, 4) is 22.3 Å². The maximum absolute atomic E-state index is 2.39. The molecule has 0 aromatic heterocycles. The lowest BCUT2D eigenvalue weighted by Gasteiger charge is -2.20. The van der Waals surface area contributed by atoms with Crippen molar-refractivity contribution in [1.29, 1.82) is 0 Å². The van der Waals surface area contributed by atoms with Crippen LogP contribution in [0.1, 0.15) is 24.0 Å². The van der Waals surface area contributed by atoms with Crippen LogP contribution in [-0.2, 0) is 12.8 Å². The Morgan fingerprint density at radius 3 is 1.80 bits per heavy atom. The zero-order chi connectivity index (χ0) is 19.9. The second-order valence-electron chi connectivity index (χ2n) is 8.39. The molecule has 6 rings (SSSR count). The van der Waals surface area contributed by atoms with Gasteiger partial charge in [0.1, 0.15) is 0 Å². The van der Waals surface area contributed by atoms with E-state index in [1.807, 2.05) is 0 Å². The molecular formula is C30H24. The van der Waals surface area contributed by atoms with E-state index in [2.05, 4.69) is 97.1 Å². The van der Waals surface area contributed by atoms with Gasteiger partial charge in [0, 0.05) is 0 Å². The summed E-state index contributed by atoms with van der Waals surface area (Å²) in [4.78, 5) is 0. The predicted molar refractivity (Wildman–Crippen MR) is 129 cm³/mol. The standard InChI is InChI=1S/C30H24/c1-3-9-21(10-4-1)25-17-18-26(22-11-5-2-6-12-22)30-28(25)20-19-27-24-14-8-7-13-23(24)15-16-29(27)30/h1-6,9-12,15-20H,7-8,13-14H2. The third kappa shape index (κ3) is 2.75. The van der Waals surface area contributed by atoms with E-state index in [1.165, 1.54) is 69.5 Å². The molecule has 0 unspecified atom stereocenters. The van der Waals surface area contributed by atoms with Crippen molar-refractivity contribution in [3.05, 3.63) is 108 Å². The van der Waals surface area contributed by atoms with Gasteiger partial charge in [0.05, 0.1) is 0 Å². The molecule has 1 aliphatic carbocycles. The summed E-state index contributed by atoms with van der Waals surface area (Å²) in [7, 11) is 0. The molecule has 0 heteroatoms. The minimum absolute atomic E-state index is 1.21. The van der Waals surface area contributed by atoms with Gasteiger partial charge in [-0.2, -0.15) is 0 Å². The van der Waals surface area contributed by atoms with Gasteiger partial charge in [-0.3, -0.25) is 0 Å². The maximum atomic E-state index is 2.39. The molecule has 0 bridgehead atoms.